The van der Waals surface area contributed by atoms with Gasteiger partial charge in [0.15, 0.2) is 0 Å². The SMILES string of the molecule is CCC(=O)N(C)CCCN(CC)CC. The first-order chi connectivity index (χ1) is 6.65. The zero-order valence-electron chi connectivity index (χ0n) is 10.0. The van der Waals surface area contributed by atoms with E-state index in [0.29, 0.717) is 6.42 Å². The van der Waals surface area contributed by atoms with Crippen molar-refractivity contribution in [2.24, 2.45) is 0 Å². The summed E-state index contributed by atoms with van der Waals surface area (Å²) >= 11 is 0. The molecule has 3 nitrogen and oxygen atoms in total. The number of rotatable bonds is 7. The van der Waals surface area contributed by atoms with Crippen LogP contribution in [0.2, 0.25) is 0 Å². The van der Waals surface area contributed by atoms with Gasteiger partial charge in [0, 0.05) is 20.0 Å². The first-order valence-electron chi connectivity index (χ1n) is 5.61. The Morgan fingerprint density at radius 1 is 1.07 bits per heavy atom. The maximum atomic E-state index is 11.2. The third-order valence-corrected chi connectivity index (χ3v) is 2.59. The summed E-state index contributed by atoms with van der Waals surface area (Å²) in [5.41, 5.74) is 0. The molecule has 0 saturated carbocycles. The molecule has 14 heavy (non-hydrogen) atoms. The van der Waals surface area contributed by atoms with Crippen LogP contribution in [-0.2, 0) is 4.79 Å². The fourth-order valence-electron chi connectivity index (χ4n) is 1.47. The highest BCUT2D eigenvalue weighted by Crippen LogP contribution is 1.95. The molecule has 0 unspecified atom stereocenters. The number of hydrogen-bond acceptors (Lipinski definition) is 2. The van der Waals surface area contributed by atoms with Crippen molar-refractivity contribution in [2.75, 3.05) is 33.2 Å². The Hall–Kier alpha value is -0.570. The number of hydrogen-bond donors (Lipinski definition) is 0. The topological polar surface area (TPSA) is 23.6 Å². The van der Waals surface area contributed by atoms with Crippen LogP contribution in [0, 0.1) is 0 Å². The molecule has 0 radical (unpaired) electrons. The van der Waals surface area contributed by atoms with Gasteiger partial charge in [0.25, 0.3) is 0 Å². The van der Waals surface area contributed by atoms with Crippen LogP contribution in [0.25, 0.3) is 0 Å². The molecular formula is C11H24N2O. The molecule has 0 aliphatic heterocycles. The highest BCUT2D eigenvalue weighted by atomic mass is 16.2. The standard InChI is InChI=1S/C11H24N2O/c1-5-11(14)12(4)9-8-10-13(6-2)7-3/h5-10H2,1-4H3. The first-order valence-corrected chi connectivity index (χ1v) is 5.61. The van der Waals surface area contributed by atoms with Crippen LogP contribution in [-0.4, -0.2) is 48.9 Å². The van der Waals surface area contributed by atoms with Gasteiger partial charge in [-0.3, -0.25) is 4.79 Å². The van der Waals surface area contributed by atoms with Gasteiger partial charge < -0.3 is 9.80 Å². The van der Waals surface area contributed by atoms with Gasteiger partial charge in [0.1, 0.15) is 0 Å². The van der Waals surface area contributed by atoms with Crippen molar-refractivity contribution in [1.29, 1.82) is 0 Å². The summed E-state index contributed by atoms with van der Waals surface area (Å²) in [5, 5.41) is 0. The molecule has 0 aliphatic carbocycles. The van der Waals surface area contributed by atoms with E-state index in [-0.39, 0.29) is 5.91 Å². The highest BCUT2D eigenvalue weighted by Gasteiger charge is 2.05. The number of amides is 1. The highest BCUT2D eigenvalue weighted by molar-refractivity contribution is 5.75. The summed E-state index contributed by atoms with van der Waals surface area (Å²) in [6, 6.07) is 0. The predicted molar refractivity (Wildman–Crippen MR) is 60.3 cm³/mol. The molecular weight excluding hydrogens is 176 g/mol. The Kier molecular flexibility index (Phi) is 7.48. The summed E-state index contributed by atoms with van der Waals surface area (Å²) < 4.78 is 0. The van der Waals surface area contributed by atoms with Crippen molar-refractivity contribution < 1.29 is 4.79 Å². The van der Waals surface area contributed by atoms with E-state index in [9.17, 15) is 4.79 Å². The molecule has 0 heterocycles. The lowest BCUT2D eigenvalue weighted by atomic mass is 10.3. The van der Waals surface area contributed by atoms with Gasteiger partial charge in [-0.05, 0) is 26.1 Å². The smallest absolute Gasteiger partial charge is 0.222 e. The molecule has 3 heteroatoms. The molecule has 84 valence electrons. The second-order valence-electron chi connectivity index (χ2n) is 3.55. The Bertz CT molecular complexity index is 155. The second-order valence-corrected chi connectivity index (χ2v) is 3.55. The Balaban J connectivity index is 3.57. The van der Waals surface area contributed by atoms with Crippen LogP contribution in [0.3, 0.4) is 0 Å². The summed E-state index contributed by atoms with van der Waals surface area (Å²) in [7, 11) is 1.88. The number of carbonyl (C=O) groups excluding carboxylic acids is 1. The third kappa shape index (κ3) is 5.22. The lowest BCUT2D eigenvalue weighted by Gasteiger charge is -2.21. The average Bonchev–Trinajstić information content (AvgIpc) is 2.22. The molecule has 0 fully saturated rings. The van der Waals surface area contributed by atoms with Gasteiger partial charge in [0.2, 0.25) is 5.91 Å². The zero-order valence-corrected chi connectivity index (χ0v) is 10.0. The monoisotopic (exact) mass is 200 g/mol. The molecule has 0 atom stereocenters. The van der Waals surface area contributed by atoms with E-state index in [2.05, 4.69) is 18.7 Å². The van der Waals surface area contributed by atoms with Gasteiger partial charge in [-0.25, -0.2) is 0 Å². The lowest BCUT2D eigenvalue weighted by Crippen LogP contribution is -2.31. The fraction of sp³-hybridized carbons (Fsp3) is 0.909. The molecule has 0 aromatic rings. The van der Waals surface area contributed by atoms with Crippen LogP contribution < -0.4 is 0 Å². The minimum absolute atomic E-state index is 0.240. The van der Waals surface area contributed by atoms with Gasteiger partial charge in [0.05, 0.1) is 0 Å². The van der Waals surface area contributed by atoms with Gasteiger partial charge >= 0.3 is 0 Å². The van der Waals surface area contributed by atoms with Crippen molar-refractivity contribution in [3.63, 3.8) is 0 Å². The molecule has 0 aromatic carbocycles. The van der Waals surface area contributed by atoms with Crippen molar-refractivity contribution in [3.05, 3.63) is 0 Å². The molecule has 0 N–H and O–H groups in total. The van der Waals surface area contributed by atoms with Crippen molar-refractivity contribution >= 4 is 5.91 Å². The minimum atomic E-state index is 0.240. The van der Waals surface area contributed by atoms with E-state index < -0.39 is 0 Å². The van der Waals surface area contributed by atoms with Crippen LogP contribution in [0.4, 0.5) is 0 Å². The molecule has 1 amide bonds. The van der Waals surface area contributed by atoms with Crippen LogP contribution in [0.1, 0.15) is 33.6 Å². The van der Waals surface area contributed by atoms with Crippen molar-refractivity contribution in [2.45, 2.75) is 33.6 Å². The van der Waals surface area contributed by atoms with Crippen LogP contribution in [0.5, 0.6) is 0 Å². The minimum Gasteiger partial charge on any atom is -0.346 e. The summed E-state index contributed by atoms with van der Waals surface area (Å²) in [6.07, 6.45) is 1.69. The fourth-order valence-corrected chi connectivity index (χ4v) is 1.47. The van der Waals surface area contributed by atoms with E-state index >= 15 is 0 Å². The number of nitrogens with zero attached hydrogens (tertiary/aromatic N) is 2. The predicted octanol–water partition coefficient (Wildman–Crippen LogP) is 1.59. The molecule has 0 spiro atoms. The van der Waals surface area contributed by atoms with Crippen molar-refractivity contribution in [1.82, 2.24) is 9.80 Å². The second kappa shape index (κ2) is 7.80. The molecule has 0 saturated heterocycles. The van der Waals surface area contributed by atoms with Gasteiger partial charge in [-0.15, -0.1) is 0 Å². The number of carbonyl (C=O) groups is 1. The van der Waals surface area contributed by atoms with E-state index in [0.717, 1.165) is 32.6 Å². The largest absolute Gasteiger partial charge is 0.346 e. The average molecular weight is 200 g/mol. The van der Waals surface area contributed by atoms with Crippen molar-refractivity contribution in [3.8, 4) is 0 Å². The summed E-state index contributed by atoms with van der Waals surface area (Å²) in [4.78, 5) is 15.4. The maximum absolute atomic E-state index is 11.2. The zero-order chi connectivity index (χ0) is 11.0. The summed E-state index contributed by atoms with van der Waals surface area (Å²) in [6.45, 7) is 10.4. The first kappa shape index (κ1) is 13.4. The van der Waals surface area contributed by atoms with E-state index in [1.54, 1.807) is 0 Å². The normalized spacial score (nSPS) is 10.6. The molecule has 0 aliphatic rings. The van der Waals surface area contributed by atoms with E-state index in [1.165, 1.54) is 0 Å². The quantitative estimate of drug-likeness (QED) is 0.623. The van der Waals surface area contributed by atoms with Crippen LogP contribution in [0.15, 0.2) is 0 Å². The van der Waals surface area contributed by atoms with Gasteiger partial charge in [-0.1, -0.05) is 20.8 Å². The third-order valence-electron chi connectivity index (χ3n) is 2.59. The summed E-state index contributed by atoms with van der Waals surface area (Å²) in [5.74, 6) is 0.240. The Morgan fingerprint density at radius 2 is 1.64 bits per heavy atom. The van der Waals surface area contributed by atoms with Crippen LogP contribution >= 0.6 is 0 Å². The van der Waals surface area contributed by atoms with E-state index in [1.807, 2.05) is 18.9 Å². The van der Waals surface area contributed by atoms with Gasteiger partial charge in [-0.2, -0.15) is 0 Å². The Labute approximate surface area is 88.1 Å². The van der Waals surface area contributed by atoms with E-state index in [4.69, 9.17) is 0 Å². The Morgan fingerprint density at radius 3 is 2.07 bits per heavy atom. The molecule has 0 rings (SSSR count). The molecule has 0 aromatic heterocycles. The lowest BCUT2D eigenvalue weighted by molar-refractivity contribution is -0.129. The molecule has 0 bridgehead atoms. The maximum Gasteiger partial charge on any atom is 0.222 e.